The molecule has 0 saturated carbocycles. The van der Waals surface area contributed by atoms with Crippen molar-refractivity contribution in [3.05, 3.63) is 0 Å². The second-order valence-corrected chi connectivity index (χ2v) is 12.5. The van der Waals surface area contributed by atoms with Gasteiger partial charge in [-0.05, 0) is 42.6 Å². The molecule has 0 aliphatic heterocycles. The molecule has 0 fully saturated rings. The van der Waals surface area contributed by atoms with Crippen molar-refractivity contribution in [2.24, 2.45) is 10.4 Å². The smallest absolute Gasteiger partial charge is 0.325 e. The number of nitrogens with zero attached hydrogens (tertiary/aromatic N) is 1. The predicted octanol–water partition coefficient (Wildman–Crippen LogP) is 3.97. The molecule has 5 heteroatoms. The van der Waals surface area contributed by atoms with E-state index in [1.165, 1.54) is 0 Å². The Balaban J connectivity index is 4.17. The molecular weight excluding hydrogens is 270 g/mol. The molecule has 0 radical (unpaired) electrons. The molecule has 1 N–H and O–H groups in total. The first-order valence-electron chi connectivity index (χ1n) is 7.21. The molecule has 0 rings (SSSR count). The minimum Gasteiger partial charge on any atom is -0.480 e. The van der Waals surface area contributed by atoms with Gasteiger partial charge in [-0.25, -0.2) is 0 Å². The number of rotatable bonds is 8. The summed E-state index contributed by atoms with van der Waals surface area (Å²) >= 11 is 0. The molecular formula is C15H31NO3Si. The summed E-state index contributed by atoms with van der Waals surface area (Å²) in [5.41, 5.74) is 0.0877. The fraction of sp³-hybridized carbons (Fsp3) is 0.867. The van der Waals surface area contributed by atoms with Crippen LogP contribution in [0.15, 0.2) is 4.99 Å². The normalized spacial score (nSPS) is 13.9. The van der Waals surface area contributed by atoms with Crippen molar-refractivity contribution < 1.29 is 14.3 Å². The summed E-state index contributed by atoms with van der Waals surface area (Å²) in [5.74, 6) is -0.889. The van der Waals surface area contributed by atoms with Gasteiger partial charge in [0.2, 0.25) is 0 Å². The Morgan fingerprint density at radius 2 is 1.80 bits per heavy atom. The highest BCUT2D eigenvalue weighted by molar-refractivity contribution is 6.74. The highest BCUT2D eigenvalue weighted by atomic mass is 28.4. The SMILES string of the molecule is CC(C)(CC=NCC(=O)O)CCO[Si](C)(C)C(C)(C)C. The average molecular weight is 302 g/mol. The van der Waals surface area contributed by atoms with Crippen LogP contribution >= 0.6 is 0 Å². The summed E-state index contributed by atoms with van der Waals surface area (Å²) in [7, 11) is -1.67. The number of carbonyl (C=O) groups is 1. The van der Waals surface area contributed by atoms with Crippen molar-refractivity contribution in [1.29, 1.82) is 0 Å². The van der Waals surface area contributed by atoms with E-state index >= 15 is 0 Å². The monoisotopic (exact) mass is 301 g/mol. The second-order valence-electron chi connectivity index (χ2n) is 7.64. The zero-order valence-electron chi connectivity index (χ0n) is 14.1. The topological polar surface area (TPSA) is 58.9 Å². The number of carboxylic acids is 1. The number of carboxylic acid groups (broad SMARTS) is 1. The minimum atomic E-state index is -1.67. The molecule has 0 bridgehead atoms. The van der Waals surface area contributed by atoms with Crippen LogP contribution in [-0.4, -0.2) is 38.8 Å². The summed E-state index contributed by atoms with van der Waals surface area (Å²) in [4.78, 5) is 14.3. The molecule has 0 aromatic heterocycles. The first-order valence-corrected chi connectivity index (χ1v) is 10.1. The molecule has 0 heterocycles. The van der Waals surface area contributed by atoms with Crippen molar-refractivity contribution in [3.63, 3.8) is 0 Å². The number of hydrogen-bond donors (Lipinski definition) is 1. The van der Waals surface area contributed by atoms with E-state index in [1.54, 1.807) is 6.21 Å². The number of hydrogen-bond acceptors (Lipinski definition) is 3. The molecule has 0 amide bonds. The molecule has 0 unspecified atom stereocenters. The molecule has 0 aliphatic rings. The summed E-state index contributed by atoms with van der Waals surface area (Å²) in [6, 6.07) is 0. The van der Waals surface area contributed by atoms with E-state index in [2.05, 4.69) is 52.7 Å². The number of aliphatic imine (C=N–C) groups is 1. The zero-order valence-corrected chi connectivity index (χ0v) is 15.1. The number of aliphatic carboxylic acids is 1. The maximum atomic E-state index is 10.4. The molecule has 0 spiro atoms. The lowest BCUT2D eigenvalue weighted by atomic mass is 9.87. The Labute approximate surface area is 124 Å². The molecule has 0 atom stereocenters. The van der Waals surface area contributed by atoms with E-state index in [1.807, 2.05) is 0 Å². The summed E-state index contributed by atoms with van der Waals surface area (Å²) < 4.78 is 6.17. The lowest BCUT2D eigenvalue weighted by Crippen LogP contribution is -2.41. The predicted molar refractivity (Wildman–Crippen MR) is 87.2 cm³/mol. The fourth-order valence-electron chi connectivity index (χ4n) is 1.36. The van der Waals surface area contributed by atoms with Gasteiger partial charge >= 0.3 is 5.97 Å². The average Bonchev–Trinajstić information content (AvgIpc) is 2.22. The lowest BCUT2D eigenvalue weighted by Gasteiger charge is -2.37. The van der Waals surface area contributed by atoms with Crippen LogP contribution in [0.25, 0.3) is 0 Å². The van der Waals surface area contributed by atoms with Crippen LogP contribution in [0.4, 0.5) is 0 Å². The maximum absolute atomic E-state index is 10.4. The zero-order chi connectivity index (χ0) is 16.0. The minimum absolute atomic E-state index is 0.0877. The lowest BCUT2D eigenvalue weighted by molar-refractivity contribution is -0.135. The van der Waals surface area contributed by atoms with Gasteiger partial charge in [0.25, 0.3) is 0 Å². The van der Waals surface area contributed by atoms with Gasteiger partial charge in [0.1, 0.15) is 6.54 Å². The van der Waals surface area contributed by atoms with Crippen LogP contribution in [0.2, 0.25) is 18.1 Å². The third-order valence-electron chi connectivity index (χ3n) is 4.05. The molecule has 118 valence electrons. The van der Waals surface area contributed by atoms with Crippen LogP contribution in [-0.2, 0) is 9.22 Å². The van der Waals surface area contributed by atoms with Gasteiger partial charge in [0, 0.05) is 6.61 Å². The van der Waals surface area contributed by atoms with Gasteiger partial charge in [-0.1, -0.05) is 34.6 Å². The Morgan fingerprint density at radius 1 is 1.25 bits per heavy atom. The van der Waals surface area contributed by atoms with Crippen molar-refractivity contribution >= 4 is 20.5 Å². The maximum Gasteiger partial charge on any atom is 0.325 e. The first kappa shape index (κ1) is 19.3. The van der Waals surface area contributed by atoms with Gasteiger partial charge < -0.3 is 9.53 Å². The van der Waals surface area contributed by atoms with Crippen LogP contribution in [0.1, 0.15) is 47.5 Å². The molecule has 0 aliphatic carbocycles. The van der Waals surface area contributed by atoms with Crippen LogP contribution in [0.3, 0.4) is 0 Å². The van der Waals surface area contributed by atoms with Crippen molar-refractivity contribution in [1.82, 2.24) is 0 Å². The molecule has 20 heavy (non-hydrogen) atoms. The molecule has 4 nitrogen and oxygen atoms in total. The first-order chi connectivity index (χ1) is 8.87. The summed E-state index contributed by atoms with van der Waals surface area (Å²) in [6.07, 6.45) is 3.46. The summed E-state index contributed by atoms with van der Waals surface area (Å²) in [6.45, 7) is 16.2. The Bertz CT molecular complexity index is 344. The third-order valence-corrected chi connectivity index (χ3v) is 8.59. The highest BCUT2D eigenvalue weighted by Crippen LogP contribution is 2.37. The van der Waals surface area contributed by atoms with Gasteiger partial charge in [-0.15, -0.1) is 0 Å². The fourth-order valence-corrected chi connectivity index (χ4v) is 2.40. The largest absolute Gasteiger partial charge is 0.480 e. The van der Waals surface area contributed by atoms with Crippen LogP contribution in [0.5, 0.6) is 0 Å². The Kier molecular flexibility index (Phi) is 7.11. The van der Waals surface area contributed by atoms with Gasteiger partial charge in [-0.3, -0.25) is 9.79 Å². The van der Waals surface area contributed by atoms with E-state index in [4.69, 9.17) is 9.53 Å². The van der Waals surface area contributed by atoms with E-state index < -0.39 is 14.3 Å². The van der Waals surface area contributed by atoms with Gasteiger partial charge in [-0.2, -0.15) is 0 Å². The van der Waals surface area contributed by atoms with Crippen molar-refractivity contribution in [2.75, 3.05) is 13.2 Å². The highest BCUT2D eigenvalue weighted by Gasteiger charge is 2.37. The van der Waals surface area contributed by atoms with E-state index in [0.717, 1.165) is 19.4 Å². The third kappa shape index (κ3) is 7.80. The molecule has 0 aromatic carbocycles. The summed E-state index contributed by atoms with van der Waals surface area (Å²) in [5, 5.41) is 8.76. The standard InChI is InChI=1S/C15H31NO3Si/c1-14(2,3)20(6,7)19-11-9-15(4,5)8-10-16-12-13(17)18/h10H,8-9,11-12H2,1-7H3,(H,17,18). The molecule has 0 aromatic rings. The van der Waals surface area contributed by atoms with Crippen LogP contribution in [0, 0.1) is 5.41 Å². The van der Waals surface area contributed by atoms with Crippen molar-refractivity contribution in [3.8, 4) is 0 Å². The van der Waals surface area contributed by atoms with Gasteiger partial charge in [0.05, 0.1) is 0 Å². The van der Waals surface area contributed by atoms with E-state index in [9.17, 15) is 4.79 Å². The quantitative estimate of drug-likeness (QED) is 0.545. The van der Waals surface area contributed by atoms with Crippen LogP contribution < -0.4 is 0 Å². The van der Waals surface area contributed by atoms with Gasteiger partial charge in [0.15, 0.2) is 8.32 Å². The van der Waals surface area contributed by atoms with E-state index in [-0.39, 0.29) is 17.0 Å². The second kappa shape index (κ2) is 7.36. The van der Waals surface area contributed by atoms with E-state index in [0.29, 0.717) is 0 Å². The van der Waals surface area contributed by atoms with Crippen molar-refractivity contribution in [2.45, 2.75) is 65.6 Å². The Morgan fingerprint density at radius 3 is 2.25 bits per heavy atom. The molecule has 0 saturated heterocycles. The Hall–Kier alpha value is -0.683.